The van der Waals surface area contributed by atoms with Crippen LogP contribution in [0.1, 0.15) is 55.5 Å². The average molecular weight is 363 g/mol. The fourth-order valence-corrected chi connectivity index (χ4v) is 3.02. The summed E-state index contributed by atoms with van der Waals surface area (Å²) in [6, 6.07) is 17.7. The zero-order valence-electron chi connectivity index (χ0n) is 15.9. The maximum absolute atomic E-state index is 13.0. The average Bonchev–Trinajstić information content (AvgIpc) is 3.21. The Morgan fingerprint density at radius 1 is 1.00 bits per heavy atom. The summed E-state index contributed by atoms with van der Waals surface area (Å²) in [5.41, 5.74) is 3.41. The maximum atomic E-state index is 13.0. The Balaban J connectivity index is 1.73. The number of amides is 1. The molecule has 3 rings (SSSR count). The van der Waals surface area contributed by atoms with E-state index in [0.29, 0.717) is 12.3 Å². The van der Waals surface area contributed by atoms with E-state index >= 15 is 0 Å². The van der Waals surface area contributed by atoms with Gasteiger partial charge in [0, 0.05) is 6.42 Å². The highest BCUT2D eigenvalue weighted by molar-refractivity contribution is 5.80. The SMILES string of the molecule is CC(C)c1ccc(C(C)NC(=O)C(Cc2ccccc2)n2cnnn2)cc1. The van der Waals surface area contributed by atoms with Crippen molar-refractivity contribution >= 4 is 5.91 Å². The Bertz CT molecular complexity index is 844. The van der Waals surface area contributed by atoms with Gasteiger partial charge in [0.05, 0.1) is 6.04 Å². The first-order chi connectivity index (χ1) is 13.0. The molecule has 6 nitrogen and oxygen atoms in total. The van der Waals surface area contributed by atoms with Crippen LogP contribution in [-0.4, -0.2) is 26.1 Å². The minimum atomic E-state index is -0.500. The highest BCUT2D eigenvalue weighted by Crippen LogP contribution is 2.20. The summed E-state index contributed by atoms with van der Waals surface area (Å²) < 4.78 is 1.51. The highest BCUT2D eigenvalue weighted by Gasteiger charge is 2.24. The predicted molar refractivity (Wildman–Crippen MR) is 104 cm³/mol. The first-order valence-electron chi connectivity index (χ1n) is 9.21. The van der Waals surface area contributed by atoms with Crippen LogP contribution in [-0.2, 0) is 11.2 Å². The Hall–Kier alpha value is -3.02. The number of hydrogen-bond donors (Lipinski definition) is 1. The minimum absolute atomic E-state index is 0.103. The molecule has 0 saturated heterocycles. The van der Waals surface area contributed by atoms with Crippen LogP contribution in [0.25, 0.3) is 0 Å². The van der Waals surface area contributed by atoms with Crippen molar-refractivity contribution in [1.29, 1.82) is 0 Å². The van der Waals surface area contributed by atoms with E-state index in [0.717, 1.165) is 11.1 Å². The number of carbonyl (C=O) groups excluding carboxylic acids is 1. The molecule has 0 bridgehead atoms. The summed E-state index contributed by atoms with van der Waals surface area (Å²) in [5, 5.41) is 14.4. The number of hydrogen-bond acceptors (Lipinski definition) is 4. The van der Waals surface area contributed by atoms with Crippen molar-refractivity contribution in [3.05, 3.63) is 77.6 Å². The molecule has 0 fully saturated rings. The molecule has 140 valence electrons. The van der Waals surface area contributed by atoms with E-state index in [1.807, 2.05) is 37.3 Å². The Morgan fingerprint density at radius 2 is 1.67 bits per heavy atom. The standard InChI is InChI=1S/C21H25N5O/c1-15(2)18-9-11-19(12-10-18)16(3)23-21(27)20(26-14-22-24-25-26)13-17-7-5-4-6-8-17/h4-12,14-16,20H,13H2,1-3H3,(H,23,27). The molecule has 2 unspecified atom stereocenters. The summed E-state index contributed by atoms with van der Waals surface area (Å²) in [6.07, 6.45) is 2.01. The molecule has 1 heterocycles. The van der Waals surface area contributed by atoms with Gasteiger partial charge in [-0.25, -0.2) is 4.68 Å². The second-order valence-electron chi connectivity index (χ2n) is 7.05. The largest absolute Gasteiger partial charge is 0.348 e. The molecule has 1 N–H and O–H groups in total. The number of nitrogens with one attached hydrogen (secondary N) is 1. The van der Waals surface area contributed by atoms with Crippen molar-refractivity contribution in [3.63, 3.8) is 0 Å². The smallest absolute Gasteiger partial charge is 0.245 e. The van der Waals surface area contributed by atoms with Crippen molar-refractivity contribution in [3.8, 4) is 0 Å². The van der Waals surface area contributed by atoms with Crippen LogP contribution in [0.3, 0.4) is 0 Å². The maximum Gasteiger partial charge on any atom is 0.245 e. The highest BCUT2D eigenvalue weighted by atomic mass is 16.2. The van der Waals surface area contributed by atoms with E-state index in [4.69, 9.17) is 0 Å². The van der Waals surface area contributed by atoms with Crippen molar-refractivity contribution < 1.29 is 4.79 Å². The third-order valence-electron chi connectivity index (χ3n) is 4.72. The van der Waals surface area contributed by atoms with Gasteiger partial charge in [0.15, 0.2) is 0 Å². The van der Waals surface area contributed by atoms with E-state index in [-0.39, 0.29) is 11.9 Å². The monoisotopic (exact) mass is 363 g/mol. The summed E-state index contributed by atoms with van der Waals surface area (Å²) >= 11 is 0. The van der Waals surface area contributed by atoms with E-state index in [1.54, 1.807) is 0 Å². The Labute approximate surface area is 159 Å². The van der Waals surface area contributed by atoms with E-state index in [2.05, 4.69) is 59.0 Å². The molecule has 0 spiro atoms. The second kappa shape index (κ2) is 8.58. The third-order valence-corrected chi connectivity index (χ3v) is 4.72. The molecule has 27 heavy (non-hydrogen) atoms. The molecule has 1 amide bonds. The summed E-state index contributed by atoms with van der Waals surface area (Å²) in [6.45, 7) is 6.32. The van der Waals surface area contributed by atoms with Crippen LogP contribution in [0.5, 0.6) is 0 Å². The van der Waals surface area contributed by atoms with Crippen LogP contribution in [0.2, 0.25) is 0 Å². The zero-order chi connectivity index (χ0) is 19.2. The minimum Gasteiger partial charge on any atom is -0.348 e. The molecule has 2 atom stereocenters. The molecular formula is C21H25N5O. The molecule has 0 saturated carbocycles. The fraction of sp³-hybridized carbons (Fsp3) is 0.333. The van der Waals surface area contributed by atoms with Gasteiger partial charge in [-0.3, -0.25) is 4.79 Å². The number of benzene rings is 2. The van der Waals surface area contributed by atoms with Crippen LogP contribution in [0, 0.1) is 0 Å². The lowest BCUT2D eigenvalue weighted by molar-refractivity contribution is -0.125. The Kier molecular flexibility index (Phi) is 5.96. The lowest BCUT2D eigenvalue weighted by Crippen LogP contribution is -2.35. The summed E-state index contributed by atoms with van der Waals surface area (Å²) in [4.78, 5) is 13.0. The van der Waals surface area contributed by atoms with Gasteiger partial charge in [0.1, 0.15) is 12.4 Å². The van der Waals surface area contributed by atoms with Gasteiger partial charge in [0.25, 0.3) is 0 Å². The molecule has 1 aromatic heterocycles. The van der Waals surface area contributed by atoms with Crippen LogP contribution >= 0.6 is 0 Å². The molecule has 2 aromatic carbocycles. The van der Waals surface area contributed by atoms with Gasteiger partial charge in [0.2, 0.25) is 5.91 Å². The summed E-state index contributed by atoms with van der Waals surface area (Å²) in [5.74, 6) is 0.380. The fourth-order valence-electron chi connectivity index (χ4n) is 3.02. The number of aromatic nitrogens is 4. The summed E-state index contributed by atoms with van der Waals surface area (Å²) in [7, 11) is 0. The molecule has 0 radical (unpaired) electrons. The molecule has 0 aliphatic rings. The van der Waals surface area contributed by atoms with E-state index < -0.39 is 6.04 Å². The second-order valence-corrected chi connectivity index (χ2v) is 7.05. The first kappa shape index (κ1) is 18.8. The van der Waals surface area contributed by atoms with Crippen molar-refractivity contribution in [1.82, 2.24) is 25.5 Å². The third kappa shape index (κ3) is 4.78. The quantitative estimate of drug-likeness (QED) is 0.698. The molecule has 0 aliphatic carbocycles. The topological polar surface area (TPSA) is 72.7 Å². The van der Waals surface area contributed by atoms with Gasteiger partial charge < -0.3 is 5.32 Å². The lowest BCUT2D eigenvalue weighted by Gasteiger charge is -2.21. The molecule has 0 aliphatic heterocycles. The van der Waals surface area contributed by atoms with Gasteiger partial charge in [-0.15, -0.1) is 5.10 Å². The van der Waals surface area contributed by atoms with Gasteiger partial charge in [-0.05, 0) is 40.0 Å². The van der Waals surface area contributed by atoms with Crippen LogP contribution in [0.15, 0.2) is 60.9 Å². The normalized spacial score (nSPS) is 13.3. The van der Waals surface area contributed by atoms with Crippen molar-refractivity contribution in [2.75, 3.05) is 0 Å². The van der Waals surface area contributed by atoms with E-state index in [1.165, 1.54) is 16.6 Å². The Morgan fingerprint density at radius 3 is 2.26 bits per heavy atom. The molecular weight excluding hydrogens is 338 g/mol. The van der Waals surface area contributed by atoms with Gasteiger partial charge in [-0.2, -0.15) is 0 Å². The molecule has 6 heteroatoms. The molecule has 3 aromatic rings. The van der Waals surface area contributed by atoms with Crippen LogP contribution < -0.4 is 5.32 Å². The van der Waals surface area contributed by atoms with Crippen molar-refractivity contribution in [2.45, 2.75) is 45.2 Å². The van der Waals surface area contributed by atoms with Gasteiger partial charge in [-0.1, -0.05) is 68.4 Å². The van der Waals surface area contributed by atoms with Crippen LogP contribution in [0.4, 0.5) is 0 Å². The first-order valence-corrected chi connectivity index (χ1v) is 9.21. The van der Waals surface area contributed by atoms with Gasteiger partial charge >= 0.3 is 0 Å². The number of nitrogens with zero attached hydrogens (tertiary/aromatic N) is 4. The number of rotatable bonds is 7. The predicted octanol–water partition coefficient (Wildman–Crippen LogP) is 3.46. The number of tetrazole rings is 1. The number of carbonyl (C=O) groups is 1. The zero-order valence-corrected chi connectivity index (χ0v) is 15.9. The van der Waals surface area contributed by atoms with Crippen molar-refractivity contribution in [2.24, 2.45) is 0 Å². The lowest BCUT2D eigenvalue weighted by atomic mass is 9.99. The van der Waals surface area contributed by atoms with E-state index in [9.17, 15) is 4.79 Å².